The predicted molar refractivity (Wildman–Crippen MR) is 92.0 cm³/mol. The van der Waals surface area contributed by atoms with Crippen LogP contribution in [0.3, 0.4) is 0 Å². The maximum absolute atomic E-state index is 11.8. The molecule has 0 amide bonds. The highest BCUT2D eigenvalue weighted by atomic mass is 32.1. The number of carboxylic acid groups (broad SMARTS) is 1. The van der Waals surface area contributed by atoms with Crippen LogP contribution in [0.2, 0.25) is 0 Å². The van der Waals surface area contributed by atoms with Crippen LogP contribution in [-0.2, 0) is 4.79 Å². The number of nitrogens with zero attached hydrogens (tertiary/aromatic N) is 2. The van der Waals surface area contributed by atoms with Crippen LogP contribution in [0.4, 0.5) is 5.69 Å². The van der Waals surface area contributed by atoms with Gasteiger partial charge in [-0.05, 0) is 32.1 Å². The fourth-order valence-electron chi connectivity index (χ4n) is 2.83. The first-order valence-electron chi connectivity index (χ1n) is 7.16. The molecule has 118 valence electrons. The Balaban J connectivity index is 2.69. The molecule has 1 unspecified atom stereocenters. The molecule has 0 saturated carbocycles. The number of carbonyl (C=O) groups is 1. The second-order valence-electron chi connectivity index (χ2n) is 5.42. The molecule has 0 bridgehead atoms. The highest BCUT2D eigenvalue weighted by Gasteiger charge is 2.36. The number of carboxylic acids is 1. The molecular weight excluding hydrogens is 298 g/mol. The smallest absolute Gasteiger partial charge is 0.335 e. The van der Waals surface area contributed by atoms with Gasteiger partial charge < -0.3 is 20.2 Å². The standard InChI is InChI=1S/C16H21N3O2S/c1-5-19-14(11-8-6-7-9-12(11)18(3)4)13(15(20)21)10(2)17-16(19)22/h6-9,14H,5H2,1-4H3,(H,17,22)(H,20,21). The van der Waals surface area contributed by atoms with Crippen LogP contribution in [0.5, 0.6) is 0 Å². The monoisotopic (exact) mass is 319 g/mol. The molecule has 2 N–H and O–H groups in total. The molecule has 1 aromatic rings. The van der Waals surface area contributed by atoms with Gasteiger partial charge in [0.25, 0.3) is 0 Å². The van der Waals surface area contributed by atoms with Gasteiger partial charge in [-0.15, -0.1) is 0 Å². The van der Waals surface area contributed by atoms with Crippen LogP contribution in [-0.4, -0.2) is 41.7 Å². The molecule has 22 heavy (non-hydrogen) atoms. The quantitative estimate of drug-likeness (QED) is 0.831. The zero-order valence-corrected chi connectivity index (χ0v) is 14.1. The topological polar surface area (TPSA) is 55.8 Å². The Labute approximate surface area is 136 Å². The van der Waals surface area contributed by atoms with Gasteiger partial charge in [-0.1, -0.05) is 18.2 Å². The highest BCUT2D eigenvalue weighted by Crippen LogP contribution is 2.37. The number of likely N-dealkylation sites (N-methyl/N-ethyl adjacent to an activating group) is 1. The van der Waals surface area contributed by atoms with Gasteiger partial charge in [-0.2, -0.15) is 0 Å². The molecule has 0 aromatic heterocycles. The molecule has 1 aliphatic heterocycles. The average molecular weight is 319 g/mol. The zero-order chi connectivity index (χ0) is 16.4. The van der Waals surface area contributed by atoms with Crippen LogP contribution in [0, 0.1) is 0 Å². The SMILES string of the molecule is CCN1C(=S)NC(C)=C(C(=O)O)C1c1ccccc1N(C)C. The van der Waals surface area contributed by atoms with Gasteiger partial charge >= 0.3 is 5.97 Å². The van der Waals surface area contributed by atoms with Crippen LogP contribution in [0.1, 0.15) is 25.5 Å². The van der Waals surface area contributed by atoms with Crippen LogP contribution >= 0.6 is 12.2 Å². The van der Waals surface area contributed by atoms with Crippen LogP contribution in [0.15, 0.2) is 35.5 Å². The fraction of sp³-hybridized carbons (Fsp3) is 0.375. The van der Waals surface area contributed by atoms with Gasteiger partial charge in [0.1, 0.15) is 0 Å². The second kappa shape index (κ2) is 6.36. The summed E-state index contributed by atoms with van der Waals surface area (Å²) in [5.41, 5.74) is 2.86. The van der Waals surface area contributed by atoms with Gasteiger partial charge in [0.15, 0.2) is 5.11 Å². The molecule has 0 saturated heterocycles. The molecule has 1 atom stereocenters. The van der Waals surface area contributed by atoms with E-state index in [9.17, 15) is 9.90 Å². The number of allylic oxidation sites excluding steroid dienone is 1. The summed E-state index contributed by atoms with van der Waals surface area (Å²) in [5.74, 6) is -0.926. The van der Waals surface area contributed by atoms with Crippen molar-refractivity contribution in [3.05, 3.63) is 41.1 Å². The van der Waals surface area contributed by atoms with Gasteiger partial charge in [0, 0.05) is 37.6 Å². The highest BCUT2D eigenvalue weighted by molar-refractivity contribution is 7.80. The summed E-state index contributed by atoms with van der Waals surface area (Å²) in [4.78, 5) is 15.7. The largest absolute Gasteiger partial charge is 0.478 e. The van der Waals surface area contributed by atoms with Gasteiger partial charge in [0.05, 0.1) is 11.6 Å². The third kappa shape index (κ3) is 2.78. The minimum Gasteiger partial charge on any atom is -0.478 e. The van der Waals surface area contributed by atoms with Crippen molar-refractivity contribution in [1.29, 1.82) is 0 Å². The number of benzene rings is 1. The lowest BCUT2D eigenvalue weighted by Gasteiger charge is -2.40. The van der Waals surface area contributed by atoms with E-state index in [4.69, 9.17) is 12.2 Å². The third-order valence-corrected chi connectivity index (χ3v) is 4.17. The second-order valence-corrected chi connectivity index (χ2v) is 5.80. The first kappa shape index (κ1) is 16.3. The van der Waals surface area contributed by atoms with Crippen molar-refractivity contribution < 1.29 is 9.90 Å². The van der Waals surface area contributed by atoms with Crippen molar-refractivity contribution in [3.63, 3.8) is 0 Å². The maximum atomic E-state index is 11.8. The fourth-order valence-corrected chi connectivity index (χ4v) is 3.22. The number of thiocarbonyl (C=S) groups is 1. The Hall–Kier alpha value is -2.08. The van der Waals surface area contributed by atoms with Crippen LogP contribution < -0.4 is 10.2 Å². The van der Waals surface area contributed by atoms with E-state index in [1.807, 2.05) is 55.1 Å². The molecule has 6 heteroatoms. The van der Waals surface area contributed by atoms with Crippen LogP contribution in [0.25, 0.3) is 0 Å². The summed E-state index contributed by atoms with van der Waals surface area (Å²) in [6, 6.07) is 7.44. The molecular formula is C16H21N3O2S. The lowest BCUT2D eigenvalue weighted by atomic mass is 9.92. The van der Waals surface area contributed by atoms with E-state index in [1.165, 1.54) is 0 Å². The van der Waals surface area contributed by atoms with E-state index in [1.54, 1.807) is 6.92 Å². The number of nitrogens with one attached hydrogen (secondary N) is 1. The molecule has 1 aromatic carbocycles. The molecule has 0 aliphatic carbocycles. The lowest BCUT2D eigenvalue weighted by Crippen LogP contribution is -2.48. The van der Waals surface area contributed by atoms with Crippen molar-refractivity contribution in [1.82, 2.24) is 10.2 Å². The van der Waals surface area contributed by atoms with Gasteiger partial charge in [0.2, 0.25) is 0 Å². The number of hydrogen-bond donors (Lipinski definition) is 2. The summed E-state index contributed by atoms with van der Waals surface area (Å²) < 4.78 is 0. The molecule has 1 aliphatic rings. The minimum atomic E-state index is -0.926. The molecule has 2 rings (SSSR count). The summed E-state index contributed by atoms with van der Waals surface area (Å²) in [6.45, 7) is 4.36. The van der Waals surface area contributed by atoms with E-state index < -0.39 is 12.0 Å². The first-order valence-corrected chi connectivity index (χ1v) is 7.57. The van der Waals surface area contributed by atoms with Gasteiger partial charge in [-0.3, -0.25) is 0 Å². The van der Waals surface area contributed by atoms with E-state index in [0.717, 1.165) is 11.3 Å². The van der Waals surface area contributed by atoms with E-state index >= 15 is 0 Å². The number of anilines is 1. The maximum Gasteiger partial charge on any atom is 0.335 e. The summed E-state index contributed by atoms with van der Waals surface area (Å²) >= 11 is 5.40. The zero-order valence-electron chi connectivity index (χ0n) is 13.3. The van der Waals surface area contributed by atoms with Crippen molar-refractivity contribution in [3.8, 4) is 0 Å². The van der Waals surface area contributed by atoms with Crippen molar-refractivity contribution >= 4 is 29.0 Å². The lowest BCUT2D eigenvalue weighted by molar-refractivity contribution is -0.133. The molecule has 0 radical (unpaired) electrons. The Bertz CT molecular complexity index is 640. The van der Waals surface area contributed by atoms with Crippen molar-refractivity contribution in [2.75, 3.05) is 25.5 Å². The summed E-state index contributed by atoms with van der Waals surface area (Å²) in [5, 5.41) is 13.2. The Morgan fingerprint density at radius 2 is 2.05 bits per heavy atom. The van der Waals surface area contributed by atoms with Crippen molar-refractivity contribution in [2.24, 2.45) is 0 Å². The molecule has 0 spiro atoms. The predicted octanol–water partition coefficient (Wildman–Crippen LogP) is 2.36. The van der Waals surface area contributed by atoms with Gasteiger partial charge in [-0.25, -0.2) is 4.79 Å². The number of rotatable bonds is 4. The summed E-state index contributed by atoms with van der Waals surface area (Å²) in [6.07, 6.45) is 0. The van der Waals surface area contributed by atoms with Crippen molar-refractivity contribution in [2.45, 2.75) is 19.9 Å². The molecule has 5 nitrogen and oxygen atoms in total. The number of hydrogen-bond acceptors (Lipinski definition) is 3. The average Bonchev–Trinajstić information content (AvgIpc) is 2.45. The Morgan fingerprint density at radius 1 is 1.41 bits per heavy atom. The van der Waals surface area contributed by atoms with E-state index in [0.29, 0.717) is 22.9 Å². The van der Waals surface area contributed by atoms with E-state index in [-0.39, 0.29) is 0 Å². The molecule has 1 heterocycles. The Morgan fingerprint density at radius 3 is 2.59 bits per heavy atom. The molecule has 0 fully saturated rings. The Kier molecular flexibility index (Phi) is 4.71. The first-order chi connectivity index (χ1) is 10.4. The van der Waals surface area contributed by atoms with E-state index in [2.05, 4.69) is 5.32 Å². The third-order valence-electron chi connectivity index (χ3n) is 3.83. The number of aliphatic carboxylic acids is 1. The summed E-state index contributed by atoms with van der Waals surface area (Å²) in [7, 11) is 3.90. The minimum absolute atomic E-state index is 0.338. The number of para-hydroxylation sites is 1. The normalized spacial score (nSPS) is 18.3.